The fraction of sp³-hybridized carbons (Fsp3) is 0.488. The van der Waals surface area contributed by atoms with Gasteiger partial charge in [-0.05, 0) is 73.4 Å². The molecule has 0 bridgehead atoms. The Balaban J connectivity index is 1.12. The average molecular weight is 779 g/mol. The number of imidazole rings is 2. The molecule has 4 heterocycles. The van der Waals surface area contributed by atoms with Crippen molar-refractivity contribution in [2.75, 3.05) is 33.9 Å². The van der Waals surface area contributed by atoms with Crippen LogP contribution in [0.4, 0.5) is 9.59 Å². The van der Waals surface area contributed by atoms with Gasteiger partial charge in [-0.15, -0.1) is 0 Å². The molecule has 14 nitrogen and oxygen atoms in total. The van der Waals surface area contributed by atoms with E-state index < -0.39 is 18.2 Å². The number of benzene rings is 2. The van der Waals surface area contributed by atoms with Crippen LogP contribution in [-0.4, -0.2) is 93.6 Å². The first-order valence-electron chi connectivity index (χ1n) is 20.0. The number of ether oxygens (including phenoxy) is 2. The highest BCUT2D eigenvalue weighted by molar-refractivity contribution is 5.87. The Bertz CT molecular complexity index is 2120. The van der Waals surface area contributed by atoms with Crippen LogP contribution < -0.4 is 10.6 Å². The Morgan fingerprint density at radius 3 is 2.12 bits per heavy atom. The summed E-state index contributed by atoms with van der Waals surface area (Å²) in [4.78, 5) is 71.5. The SMILES string of the molecule is CC[C@@H](C)[C@H](CNC(=O)OC)C(=O)N1CCC[C@H]1c1ncc(-c2ccc(C#Cc3ccc4nc([C@@H]5CCCN5C(=O)[C@@H](NC(=O)OC)[C@H](C)CC)[nH]c4c3)cc2)[nH]1. The maximum Gasteiger partial charge on any atom is 0.407 e. The predicted molar refractivity (Wildman–Crippen MR) is 216 cm³/mol. The molecule has 2 fully saturated rings. The van der Waals surface area contributed by atoms with Gasteiger partial charge in [0.15, 0.2) is 0 Å². The summed E-state index contributed by atoms with van der Waals surface area (Å²) in [7, 11) is 2.61. The summed E-state index contributed by atoms with van der Waals surface area (Å²) in [5.41, 5.74) is 5.12. The van der Waals surface area contributed by atoms with Gasteiger partial charge in [0.1, 0.15) is 17.7 Å². The molecule has 0 radical (unpaired) electrons. The molecule has 4 aromatic rings. The molecule has 57 heavy (non-hydrogen) atoms. The summed E-state index contributed by atoms with van der Waals surface area (Å²) in [5.74, 6) is 7.56. The minimum atomic E-state index is -0.682. The van der Waals surface area contributed by atoms with Crippen molar-refractivity contribution >= 4 is 35.0 Å². The number of nitrogens with zero attached hydrogens (tertiary/aromatic N) is 4. The zero-order valence-electron chi connectivity index (χ0n) is 33.7. The molecule has 302 valence electrons. The lowest BCUT2D eigenvalue weighted by Crippen LogP contribution is -2.51. The van der Waals surface area contributed by atoms with Gasteiger partial charge in [-0.1, -0.05) is 64.5 Å². The number of likely N-dealkylation sites (tertiary alicyclic amines) is 2. The number of rotatable bonds is 12. The number of H-pyrrole nitrogens is 2. The van der Waals surface area contributed by atoms with Crippen LogP contribution in [0.25, 0.3) is 22.3 Å². The molecule has 2 aliphatic heterocycles. The van der Waals surface area contributed by atoms with Gasteiger partial charge in [-0.25, -0.2) is 19.6 Å². The third kappa shape index (κ3) is 9.25. The van der Waals surface area contributed by atoms with Crippen LogP contribution in [0.1, 0.15) is 101 Å². The standard InChI is InChI=1S/C43H54N8O6/c1-7-26(3)31(24-45-42(54)56-5)40(52)50-21-9-11-35(50)38-44-25-34(48-38)30-18-15-28(16-19-30)13-14-29-17-20-32-33(23-29)47-39(46-32)36-12-10-22-51(36)41(53)37(27(4)8-2)49-43(55)57-6/h15-20,23,25-27,31,35-37H,7-12,21-22,24H2,1-6H3,(H,44,48)(H,45,54)(H,46,47)(H,49,55)/t26-,27-,31+,35+,36+,37+/m1/s1. The molecule has 14 heteroatoms. The van der Waals surface area contributed by atoms with E-state index in [1.807, 2.05) is 80.0 Å². The van der Waals surface area contributed by atoms with Gasteiger partial charge in [0, 0.05) is 30.8 Å². The number of carbonyl (C=O) groups is 4. The first-order valence-corrected chi connectivity index (χ1v) is 20.0. The minimum absolute atomic E-state index is 0.0187. The van der Waals surface area contributed by atoms with E-state index in [1.54, 1.807) is 6.20 Å². The van der Waals surface area contributed by atoms with Gasteiger partial charge >= 0.3 is 12.2 Å². The van der Waals surface area contributed by atoms with E-state index in [2.05, 4.69) is 32.4 Å². The van der Waals surface area contributed by atoms with Crippen molar-refractivity contribution in [3.05, 3.63) is 71.4 Å². The molecule has 4 N–H and O–H groups in total. The first kappa shape index (κ1) is 40.8. The lowest BCUT2D eigenvalue weighted by molar-refractivity contribution is -0.138. The van der Waals surface area contributed by atoms with Crippen molar-refractivity contribution in [1.82, 2.24) is 40.4 Å². The van der Waals surface area contributed by atoms with Crippen molar-refractivity contribution in [1.29, 1.82) is 0 Å². The van der Waals surface area contributed by atoms with Gasteiger partial charge < -0.3 is 39.9 Å². The topological polar surface area (TPSA) is 175 Å². The Hall–Kier alpha value is -5.84. The Morgan fingerprint density at radius 1 is 0.825 bits per heavy atom. The third-order valence-electron chi connectivity index (χ3n) is 11.6. The van der Waals surface area contributed by atoms with E-state index in [0.29, 0.717) is 13.1 Å². The maximum absolute atomic E-state index is 13.8. The minimum Gasteiger partial charge on any atom is -0.453 e. The average Bonchev–Trinajstić information content (AvgIpc) is 4.07. The lowest BCUT2D eigenvalue weighted by Gasteiger charge is -2.30. The molecule has 0 unspecified atom stereocenters. The van der Waals surface area contributed by atoms with E-state index in [1.165, 1.54) is 14.2 Å². The Kier molecular flexibility index (Phi) is 13.2. The maximum atomic E-state index is 13.8. The number of hydrogen-bond acceptors (Lipinski definition) is 8. The monoisotopic (exact) mass is 778 g/mol. The quantitative estimate of drug-likeness (QED) is 0.118. The largest absolute Gasteiger partial charge is 0.453 e. The zero-order chi connectivity index (χ0) is 40.6. The molecule has 6 atom stereocenters. The second-order valence-corrected chi connectivity index (χ2v) is 15.1. The van der Waals surface area contributed by atoms with Crippen LogP contribution in [0.3, 0.4) is 0 Å². The molecule has 2 aromatic carbocycles. The van der Waals surface area contributed by atoms with Crippen molar-refractivity contribution < 1.29 is 28.7 Å². The normalized spacial score (nSPS) is 18.6. The molecule has 0 spiro atoms. The van der Waals surface area contributed by atoms with Gasteiger partial charge in [0.25, 0.3) is 0 Å². The highest BCUT2D eigenvalue weighted by Crippen LogP contribution is 2.35. The Morgan fingerprint density at radius 2 is 1.46 bits per heavy atom. The van der Waals surface area contributed by atoms with E-state index in [0.717, 1.165) is 83.6 Å². The fourth-order valence-corrected chi connectivity index (χ4v) is 7.77. The van der Waals surface area contributed by atoms with E-state index in [9.17, 15) is 19.2 Å². The number of methoxy groups -OCH3 is 2. The number of aromatic amines is 2. The number of amides is 4. The van der Waals surface area contributed by atoms with Crippen LogP contribution in [0.2, 0.25) is 0 Å². The highest BCUT2D eigenvalue weighted by Gasteiger charge is 2.39. The summed E-state index contributed by atoms with van der Waals surface area (Å²) in [5, 5.41) is 5.46. The van der Waals surface area contributed by atoms with Gasteiger partial charge in [0.2, 0.25) is 11.8 Å². The fourth-order valence-electron chi connectivity index (χ4n) is 7.77. The second kappa shape index (κ2) is 18.4. The number of carbonyl (C=O) groups excluding carboxylic acids is 4. The first-order chi connectivity index (χ1) is 27.5. The van der Waals surface area contributed by atoms with Crippen LogP contribution in [0.5, 0.6) is 0 Å². The third-order valence-corrected chi connectivity index (χ3v) is 11.6. The number of nitrogens with one attached hydrogen (secondary N) is 4. The molecule has 6 rings (SSSR count). The molecular formula is C43H54N8O6. The summed E-state index contributed by atoms with van der Waals surface area (Å²) < 4.78 is 9.53. The van der Waals surface area contributed by atoms with Crippen molar-refractivity contribution in [2.24, 2.45) is 17.8 Å². The van der Waals surface area contributed by atoms with Gasteiger partial charge in [0.05, 0.1) is 55.1 Å². The summed E-state index contributed by atoms with van der Waals surface area (Å²) >= 11 is 0. The number of hydrogen-bond donors (Lipinski definition) is 4. The summed E-state index contributed by atoms with van der Waals surface area (Å²) in [6.45, 7) is 9.49. The van der Waals surface area contributed by atoms with Gasteiger partial charge in [-0.3, -0.25) is 9.59 Å². The van der Waals surface area contributed by atoms with E-state index in [-0.39, 0.29) is 48.2 Å². The second-order valence-electron chi connectivity index (χ2n) is 15.1. The Labute approximate surface area is 333 Å². The summed E-state index contributed by atoms with van der Waals surface area (Å²) in [6, 6.07) is 12.7. The summed E-state index contributed by atoms with van der Waals surface area (Å²) in [6.07, 6.45) is 5.49. The number of alkyl carbamates (subject to hydrolysis) is 2. The molecule has 2 aliphatic rings. The van der Waals surface area contributed by atoms with Crippen molar-refractivity contribution in [3.8, 4) is 23.1 Å². The predicted octanol–water partition coefficient (Wildman–Crippen LogP) is 6.47. The molecule has 2 saturated heterocycles. The van der Waals surface area contributed by atoms with Crippen LogP contribution in [0, 0.1) is 29.6 Å². The van der Waals surface area contributed by atoms with Crippen LogP contribution in [0.15, 0.2) is 48.7 Å². The highest BCUT2D eigenvalue weighted by atomic mass is 16.5. The smallest absolute Gasteiger partial charge is 0.407 e. The van der Waals surface area contributed by atoms with Crippen molar-refractivity contribution in [3.63, 3.8) is 0 Å². The van der Waals surface area contributed by atoms with Crippen LogP contribution >= 0.6 is 0 Å². The number of aromatic nitrogens is 4. The molecule has 0 saturated carbocycles. The molecular weight excluding hydrogens is 725 g/mol. The van der Waals surface area contributed by atoms with Gasteiger partial charge in [-0.2, -0.15) is 0 Å². The van der Waals surface area contributed by atoms with Crippen LogP contribution in [-0.2, 0) is 19.1 Å². The molecule has 4 amide bonds. The molecule has 0 aliphatic carbocycles. The van der Waals surface area contributed by atoms with E-state index in [4.69, 9.17) is 19.4 Å². The van der Waals surface area contributed by atoms with Crippen molar-refractivity contribution in [2.45, 2.75) is 84.3 Å². The zero-order valence-corrected chi connectivity index (χ0v) is 33.7. The number of fused-ring (bicyclic) bond motifs is 1. The van der Waals surface area contributed by atoms with E-state index >= 15 is 0 Å². The lowest BCUT2D eigenvalue weighted by atomic mass is 9.90. The molecule has 2 aromatic heterocycles.